The molecule has 1 aliphatic rings. The molecule has 0 saturated carbocycles. The van der Waals surface area contributed by atoms with Gasteiger partial charge in [-0.15, -0.1) is 8.78 Å². The fourth-order valence-corrected chi connectivity index (χ4v) is 4.04. The number of aromatic nitrogens is 4. The summed E-state index contributed by atoms with van der Waals surface area (Å²) in [7, 11) is 0. The molecule has 2 unspecified atom stereocenters. The van der Waals surface area contributed by atoms with Crippen LogP contribution in [-0.2, 0) is 0 Å². The number of alkyl halides is 3. The van der Waals surface area contributed by atoms with E-state index in [4.69, 9.17) is 16.3 Å². The lowest BCUT2D eigenvalue weighted by Gasteiger charge is -2.15. The zero-order valence-corrected chi connectivity index (χ0v) is 18.4. The number of amides is 1. The molecule has 0 radical (unpaired) electrons. The minimum atomic E-state index is -3.83. The van der Waals surface area contributed by atoms with Crippen LogP contribution in [0.5, 0.6) is 11.8 Å². The Bertz CT molecular complexity index is 1350. The molecule has 0 aliphatic carbocycles. The van der Waals surface area contributed by atoms with Gasteiger partial charge in [-0.25, -0.2) is 0 Å². The van der Waals surface area contributed by atoms with E-state index in [1.807, 2.05) is 11.5 Å². The molecule has 5 rings (SSSR count). The number of hydrogen-bond acceptors (Lipinski definition) is 6. The van der Waals surface area contributed by atoms with E-state index < -0.39 is 17.6 Å². The standard InChI is InChI=1S/C22H18ClF2N5O4/c1-11-18(10-31)33-21-28-17-9-12(8-15(19(17)30(11)21)16-6-7-26-29-16)20(32)27-13-2-4-14(5-3-13)34-22(23,24)25/h2-9,11,18,31H,10H2,1H3,(H,26,29)(H,27,32). The van der Waals surface area contributed by atoms with Gasteiger partial charge in [-0.3, -0.25) is 14.5 Å². The summed E-state index contributed by atoms with van der Waals surface area (Å²) >= 11 is 4.77. The minimum Gasteiger partial charge on any atom is -0.457 e. The van der Waals surface area contributed by atoms with Crippen molar-refractivity contribution in [2.45, 2.75) is 24.6 Å². The number of hydrogen-bond donors (Lipinski definition) is 3. The second-order valence-electron chi connectivity index (χ2n) is 7.73. The number of nitrogens with one attached hydrogen (secondary N) is 2. The number of fused-ring (bicyclic) bond motifs is 3. The van der Waals surface area contributed by atoms with E-state index in [1.165, 1.54) is 24.3 Å². The maximum atomic E-state index is 13.0. The molecule has 34 heavy (non-hydrogen) atoms. The van der Waals surface area contributed by atoms with Crippen molar-refractivity contribution in [1.82, 2.24) is 19.7 Å². The summed E-state index contributed by atoms with van der Waals surface area (Å²) in [6.07, 6.45) is 1.18. The average Bonchev–Trinajstić information content (AvgIpc) is 3.50. The van der Waals surface area contributed by atoms with Gasteiger partial charge in [0.2, 0.25) is 0 Å². The van der Waals surface area contributed by atoms with Gasteiger partial charge >= 0.3 is 5.57 Å². The highest BCUT2D eigenvalue weighted by Gasteiger charge is 2.34. The van der Waals surface area contributed by atoms with Gasteiger partial charge in [-0.2, -0.15) is 10.1 Å². The van der Waals surface area contributed by atoms with Crippen LogP contribution in [0.25, 0.3) is 22.3 Å². The Morgan fingerprint density at radius 1 is 1.32 bits per heavy atom. The Morgan fingerprint density at radius 2 is 2.09 bits per heavy atom. The lowest BCUT2D eigenvalue weighted by molar-refractivity contribution is -0.0964. The number of H-pyrrole nitrogens is 1. The smallest absolute Gasteiger partial charge is 0.457 e. The number of aliphatic hydroxyl groups excluding tert-OH is 1. The van der Waals surface area contributed by atoms with E-state index in [0.29, 0.717) is 34.0 Å². The zero-order valence-electron chi connectivity index (χ0n) is 17.6. The van der Waals surface area contributed by atoms with Crippen molar-refractivity contribution in [2.24, 2.45) is 0 Å². The maximum Gasteiger partial charge on any atom is 0.487 e. The number of rotatable bonds is 6. The number of aliphatic hydroxyl groups is 1. The predicted molar refractivity (Wildman–Crippen MR) is 119 cm³/mol. The lowest BCUT2D eigenvalue weighted by atomic mass is 10.0. The molecule has 2 aromatic heterocycles. The molecule has 1 amide bonds. The summed E-state index contributed by atoms with van der Waals surface area (Å²) < 4.78 is 37.5. The van der Waals surface area contributed by atoms with Crippen molar-refractivity contribution in [3.05, 3.63) is 54.2 Å². The van der Waals surface area contributed by atoms with Crippen molar-refractivity contribution in [3.63, 3.8) is 0 Å². The lowest BCUT2D eigenvalue weighted by Crippen LogP contribution is -2.23. The number of nitrogens with zero attached hydrogens (tertiary/aromatic N) is 3. The van der Waals surface area contributed by atoms with Crippen LogP contribution in [-0.4, -0.2) is 49.0 Å². The van der Waals surface area contributed by atoms with Crippen molar-refractivity contribution in [3.8, 4) is 23.0 Å². The van der Waals surface area contributed by atoms with Crippen molar-refractivity contribution in [2.75, 3.05) is 11.9 Å². The number of carbonyl (C=O) groups is 1. The molecule has 0 saturated heterocycles. The topological polar surface area (TPSA) is 114 Å². The number of carbonyl (C=O) groups excluding carboxylic acids is 1. The molecular formula is C22H18ClF2N5O4. The summed E-state index contributed by atoms with van der Waals surface area (Å²) in [6, 6.07) is 10.6. The van der Waals surface area contributed by atoms with E-state index >= 15 is 0 Å². The molecule has 3 N–H and O–H groups in total. The van der Waals surface area contributed by atoms with Gasteiger partial charge in [0.25, 0.3) is 11.9 Å². The molecule has 0 fully saturated rings. The Labute approximate surface area is 196 Å². The Hall–Kier alpha value is -3.70. The third-order valence-corrected chi connectivity index (χ3v) is 5.61. The molecule has 0 bridgehead atoms. The Morgan fingerprint density at radius 3 is 2.74 bits per heavy atom. The van der Waals surface area contributed by atoms with E-state index in [2.05, 4.69) is 25.2 Å². The van der Waals surface area contributed by atoms with E-state index in [0.717, 1.165) is 5.52 Å². The zero-order chi connectivity index (χ0) is 24.0. The first-order valence-electron chi connectivity index (χ1n) is 10.2. The highest BCUT2D eigenvalue weighted by molar-refractivity contribution is 6.20. The number of imidazole rings is 1. The van der Waals surface area contributed by atoms with Crippen LogP contribution in [0.15, 0.2) is 48.7 Å². The van der Waals surface area contributed by atoms with Gasteiger partial charge in [0.1, 0.15) is 11.9 Å². The number of ether oxygens (including phenoxy) is 2. The van der Waals surface area contributed by atoms with Crippen LogP contribution < -0.4 is 14.8 Å². The molecule has 9 nitrogen and oxygen atoms in total. The third-order valence-electron chi connectivity index (χ3n) is 5.53. The third kappa shape index (κ3) is 4.03. The molecule has 3 heterocycles. The first kappa shape index (κ1) is 22.1. The van der Waals surface area contributed by atoms with Gasteiger partial charge < -0.3 is 19.9 Å². The van der Waals surface area contributed by atoms with Crippen LogP contribution in [0.1, 0.15) is 23.3 Å². The first-order chi connectivity index (χ1) is 16.2. The van der Waals surface area contributed by atoms with Crippen LogP contribution in [0.4, 0.5) is 14.5 Å². The van der Waals surface area contributed by atoms with Gasteiger partial charge in [0.15, 0.2) is 0 Å². The minimum absolute atomic E-state index is 0.149. The van der Waals surface area contributed by atoms with E-state index in [1.54, 1.807) is 24.4 Å². The average molecular weight is 490 g/mol. The van der Waals surface area contributed by atoms with Crippen molar-refractivity contribution in [1.29, 1.82) is 0 Å². The van der Waals surface area contributed by atoms with Crippen LogP contribution >= 0.6 is 11.6 Å². The van der Waals surface area contributed by atoms with Gasteiger partial charge in [0.05, 0.1) is 29.4 Å². The monoisotopic (exact) mass is 489 g/mol. The summed E-state index contributed by atoms with van der Waals surface area (Å²) in [4.78, 5) is 17.5. The normalized spacial score (nSPS) is 17.4. The fraction of sp³-hybridized carbons (Fsp3) is 0.227. The quantitative estimate of drug-likeness (QED) is 0.350. The molecule has 0 spiro atoms. The molecule has 1 aliphatic heterocycles. The molecule has 176 valence electrons. The van der Waals surface area contributed by atoms with Crippen molar-refractivity contribution < 1.29 is 28.2 Å². The molecular weight excluding hydrogens is 472 g/mol. The summed E-state index contributed by atoms with van der Waals surface area (Å²) in [5, 5.41) is 19.2. The SMILES string of the molecule is CC1C(CO)Oc2nc3cc(C(=O)Nc4ccc(OC(F)(F)Cl)cc4)cc(-c4ccn[nH]4)c3n21. The van der Waals surface area contributed by atoms with Crippen molar-refractivity contribution >= 4 is 34.2 Å². The second-order valence-corrected chi connectivity index (χ2v) is 8.17. The largest absolute Gasteiger partial charge is 0.487 e. The summed E-state index contributed by atoms with van der Waals surface area (Å²) in [5.74, 6) is -0.585. The first-order valence-corrected chi connectivity index (χ1v) is 10.6. The van der Waals surface area contributed by atoms with Gasteiger partial charge in [-0.1, -0.05) is 0 Å². The maximum absolute atomic E-state index is 13.0. The number of anilines is 1. The fourth-order valence-electron chi connectivity index (χ4n) is 3.95. The predicted octanol–water partition coefficient (Wildman–Crippen LogP) is 4.16. The number of aromatic amines is 1. The molecule has 2 atom stereocenters. The Kier molecular flexibility index (Phi) is 5.37. The molecule has 4 aromatic rings. The molecule has 2 aromatic carbocycles. The number of halogens is 3. The van der Waals surface area contributed by atoms with Crippen LogP contribution in [0.3, 0.4) is 0 Å². The van der Waals surface area contributed by atoms with Crippen LogP contribution in [0, 0.1) is 0 Å². The summed E-state index contributed by atoms with van der Waals surface area (Å²) in [6.45, 7) is 1.77. The summed E-state index contributed by atoms with van der Waals surface area (Å²) in [5.41, 5.74) is -0.522. The van der Waals surface area contributed by atoms with Gasteiger partial charge in [0, 0.05) is 34.6 Å². The highest BCUT2D eigenvalue weighted by Crippen LogP contribution is 2.39. The van der Waals surface area contributed by atoms with E-state index in [9.17, 15) is 18.7 Å². The van der Waals surface area contributed by atoms with Gasteiger partial charge in [-0.05, 0) is 49.4 Å². The number of benzene rings is 2. The highest BCUT2D eigenvalue weighted by atomic mass is 35.5. The molecule has 12 heteroatoms. The Balaban J connectivity index is 1.49. The van der Waals surface area contributed by atoms with E-state index in [-0.39, 0.29) is 18.4 Å². The second kappa shape index (κ2) is 8.26. The van der Waals surface area contributed by atoms with Crippen LogP contribution in [0.2, 0.25) is 0 Å².